The highest BCUT2D eigenvalue weighted by molar-refractivity contribution is 5.68. The Morgan fingerprint density at radius 2 is 0.806 bits per heavy atom. The minimum absolute atomic E-state index is 0.827. The molecule has 5 nitrogen and oxygen atoms in total. The first kappa shape index (κ1) is 20.2. The summed E-state index contributed by atoms with van der Waals surface area (Å²) >= 11 is 0. The third-order valence-corrected chi connectivity index (χ3v) is 4.80. The molecule has 0 fully saturated rings. The maximum atomic E-state index is 5.27. The fourth-order valence-electron chi connectivity index (χ4n) is 3.15. The second kappa shape index (κ2) is 9.59. The highest BCUT2D eigenvalue weighted by atomic mass is 16.5. The zero-order valence-corrected chi connectivity index (χ0v) is 17.6. The lowest BCUT2D eigenvalue weighted by Crippen LogP contribution is -1.94. The summed E-state index contributed by atoms with van der Waals surface area (Å²) in [4.78, 5) is 0. The van der Waals surface area contributed by atoms with Crippen LogP contribution < -0.4 is 25.4 Å². The van der Waals surface area contributed by atoms with Gasteiger partial charge in [0.15, 0.2) is 0 Å². The first-order valence-electron chi connectivity index (χ1n) is 10.0. The van der Waals surface area contributed by atoms with Gasteiger partial charge in [0.2, 0.25) is 0 Å². The first-order chi connectivity index (χ1) is 15.2. The summed E-state index contributed by atoms with van der Waals surface area (Å²) < 4.78 is 10.5. The minimum Gasteiger partial charge on any atom is -0.497 e. The van der Waals surface area contributed by atoms with Crippen molar-refractivity contribution in [2.24, 2.45) is 0 Å². The van der Waals surface area contributed by atoms with Crippen molar-refractivity contribution in [2.45, 2.75) is 0 Å². The van der Waals surface area contributed by atoms with E-state index in [0.717, 1.165) is 45.6 Å². The molecule has 0 radical (unpaired) electrons. The van der Waals surface area contributed by atoms with Crippen LogP contribution in [0.1, 0.15) is 0 Å². The van der Waals surface area contributed by atoms with Gasteiger partial charge >= 0.3 is 0 Å². The molecule has 4 aromatic carbocycles. The Labute approximate surface area is 182 Å². The van der Waals surface area contributed by atoms with Gasteiger partial charge in [0.25, 0.3) is 0 Å². The number of benzene rings is 4. The van der Waals surface area contributed by atoms with Gasteiger partial charge < -0.3 is 25.4 Å². The molecule has 4 rings (SSSR count). The van der Waals surface area contributed by atoms with Crippen LogP contribution in [-0.2, 0) is 0 Å². The fourth-order valence-corrected chi connectivity index (χ4v) is 3.15. The lowest BCUT2D eigenvalue weighted by Gasteiger charge is -2.11. The Kier molecular flexibility index (Phi) is 6.24. The Bertz CT molecular complexity index is 1110. The molecule has 0 unspecified atom stereocenters. The smallest absolute Gasteiger partial charge is 0.120 e. The molecule has 31 heavy (non-hydrogen) atoms. The number of ether oxygens (including phenoxy) is 2. The van der Waals surface area contributed by atoms with Crippen LogP contribution in [0.2, 0.25) is 0 Å². The molecule has 0 heterocycles. The molecule has 0 aliphatic heterocycles. The molecular formula is C26H25N3O2. The van der Waals surface area contributed by atoms with Gasteiger partial charge in [-0.15, -0.1) is 0 Å². The van der Waals surface area contributed by atoms with E-state index in [4.69, 9.17) is 9.47 Å². The van der Waals surface area contributed by atoms with Gasteiger partial charge in [-0.1, -0.05) is 6.07 Å². The van der Waals surface area contributed by atoms with Crippen molar-refractivity contribution in [2.75, 3.05) is 30.2 Å². The van der Waals surface area contributed by atoms with Gasteiger partial charge in [0.05, 0.1) is 14.2 Å². The van der Waals surface area contributed by atoms with Crippen LogP contribution in [0.3, 0.4) is 0 Å². The Morgan fingerprint density at radius 1 is 0.419 bits per heavy atom. The van der Waals surface area contributed by atoms with Crippen LogP contribution in [0.5, 0.6) is 11.5 Å². The Hall–Kier alpha value is -4.12. The van der Waals surface area contributed by atoms with Crippen LogP contribution >= 0.6 is 0 Å². The molecule has 0 atom stereocenters. The van der Waals surface area contributed by atoms with E-state index in [1.165, 1.54) is 0 Å². The normalized spacial score (nSPS) is 10.3. The number of hydrogen-bond acceptors (Lipinski definition) is 5. The summed E-state index contributed by atoms with van der Waals surface area (Å²) in [5.74, 6) is 1.67. The van der Waals surface area contributed by atoms with Crippen molar-refractivity contribution in [1.82, 2.24) is 0 Å². The molecule has 0 bridgehead atoms. The van der Waals surface area contributed by atoms with Gasteiger partial charge in [-0.05, 0) is 84.9 Å². The summed E-state index contributed by atoms with van der Waals surface area (Å²) in [6, 6.07) is 32.1. The predicted octanol–water partition coefficient (Wildman–Crippen LogP) is 6.93. The molecular weight excluding hydrogens is 386 g/mol. The van der Waals surface area contributed by atoms with Crippen LogP contribution in [0.25, 0.3) is 0 Å². The van der Waals surface area contributed by atoms with Crippen molar-refractivity contribution < 1.29 is 9.47 Å². The number of nitrogens with one attached hydrogen (secondary N) is 3. The van der Waals surface area contributed by atoms with Crippen LogP contribution in [0.4, 0.5) is 34.1 Å². The predicted molar refractivity (Wildman–Crippen MR) is 129 cm³/mol. The van der Waals surface area contributed by atoms with Gasteiger partial charge in [-0.3, -0.25) is 0 Å². The monoisotopic (exact) mass is 411 g/mol. The highest BCUT2D eigenvalue weighted by Gasteiger charge is 2.00. The van der Waals surface area contributed by atoms with E-state index in [1.54, 1.807) is 14.2 Å². The largest absolute Gasteiger partial charge is 0.497 e. The van der Waals surface area contributed by atoms with Crippen molar-refractivity contribution in [1.29, 1.82) is 0 Å². The van der Waals surface area contributed by atoms with E-state index in [0.29, 0.717) is 0 Å². The third-order valence-electron chi connectivity index (χ3n) is 4.80. The summed E-state index contributed by atoms with van der Waals surface area (Å²) in [5.41, 5.74) is 6.08. The van der Waals surface area contributed by atoms with Crippen molar-refractivity contribution in [3.63, 3.8) is 0 Å². The van der Waals surface area contributed by atoms with E-state index in [9.17, 15) is 0 Å². The summed E-state index contributed by atoms with van der Waals surface area (Å²) in [6.07, 6.45) is 0. The van der Waals surface area contributed by atoms with Crippen LogP contribution in [0.15, 0.2) is 97.1 Å². The van der Waals surface area contributed by atoms with Crippen molar-refractivity contribution in [3.05, 3.63) is 97.1 Å². The molecule has 0 aromatic heterocycles. The van der Waals surface area contributed by atoms with Crippen LogP contribution in [0, 0.1) is 0 Å². The topological polar surface area (TPSA) is 54.5 Å². The quantitative estimate of drug-likeness (QED) is 0.293. The van der Waals surface area contributed by atoms with E-state index < -0.39 is 0 Å². The average molecular weight is 412 g/mol. The second-order valence-corrected chi connectivity index (χ2v) is 6.99. The highest BCUT2D eigenvalue weighted by Crippen LogP contribution is 2.25. The zero-order valence-electron chi connectivity index (χ0n) is 17.6. The summed E-state index contributed by atoms with van der Waals surface area (Å²) in [5, 5.41) is 10.2. The first-order valence-corrected chi connectivity index (χ1v) is 10.0. The molecule has 0 aliphatic rings. The van der Waals surface area contributed by atoms with E-state index >= 15 is 0 Å². The molecule has 0 saturated heterocycles. The number of rotatable bonds is 8. The summed E-state index contributed by atoms with van der Waals surface area (Å²) in [6.45, 7) is 0. The van der Waals surface area contributed by atoms with Gasteiger partial charge in [-0.2, -0.15) is 0 Å². The van der Waals surface area contributed by atoms with E-state index in [1.807, 2.05) is 97.1 Å². The molecule has 4 aromatic rings. The minimum atomic E-state index is 0.827. The number of methoxy groups -OCH3 is 2. The molecule has 3 N–H and O–H groups in total. The van der Waals surface area contributed by atoms with Crippen molar-refractivity contribution in [3.8, 4) is 11.5 Å². The van der Waals surface area contributed by atoms with Gasteiger partial charge in [0.1, 0.15) is 11.5 Å². The average Bonchev–Trinajstić information content (AvgIpc) is 2.82. The molecule has 0 spiro atoms. The van der Waals surface area contributed by atoms with Crippen molar-refractivity contribution >= 4 is 34.1 Å². The number of anilines is 6. The standard InChI is InChI=1S/C26H25N3O2/c1-30-25-16-14-23(15-17-25)28-21-8-6-19(7-9-21)27-20-10-12-22(13-11-20)29-24-4-3-5-26(18-24)31-2/h3-18,27-29H,1-2H3. The van der Waals surface area contributed by atoms with E-state index in [2.05, 4.69) is 16.0 Å². The molecule has 0 amide bonds. The fraction of sp³-hybridized carbons (Fsp3) is 0.0769. The van der Waals surface area contributed by atoms with Gasteiger partial charge in [0, 0.05) is 40.2 Å². The zero-order chi connectivity index (χ0) is 21.5. The SMILES string of the molecule is COc1ccc(Nc2ccc(Nc3ccc(Nc4cccc(OC)c4)cc3)cc2)cc1. The Balaban J connectivity index is 1.35. The third kappa shape index (κ3) is 5.48. The maximum absolute atomic E-state index is 5.27. The summed E-state index contributed by atoms with van der Waals surface area (Å²) in [7, 11) is 3.33. The molecule has 5 heteroatoms. The Morgan fingerprint density at radius 3 is 1.23 bits per heavy atom. The second-order valence-electron chi connectivity index (χ2n) is 6.99. The molecule has 156 valence electrons. The molecule has 0 aliphatic carbocycles. The van der Waals surface area contributed by atoms with Gasteiger partial charge in [-0.25, -0.2) is 0 Å². The lowest BCUT2D eigenvalue weighted by atomic mass is 10.2. The van der Waals surface area contributed by atoms with E-state index in [-0.39, 0.29) is 0 Å². The lowest BCUT2D eigenvalue weighted by molar-refractivity contribution is 0.415. The molecule has 0 saturated carbocycles. The van der Waals surface area contributed by atoms with Crippen LogP contribution in [-0.4, -0.2) is 14.2 Å². The maximum Gasteiger partial charge on any atom is 0.120 e. The number of hydrogen-bond donors (Lipinski definition) is 3.